The summed E-state index contributed by atoms with van der Waals surface area (Å²) in [6, 6.07) is 7.90. The number of nitrogens with one attached hydrogen (secondary N) is 1. The number of rotatable bonds is 5. The van der Waals surface area contributed by atoms with Crippen LogP contribution in [0.15, 0.2) is 24.3 Å². The minimum absolute atomic E-state index is 0.0466. The Morgan fingerprint density at radius 1 is 1.45 bits per heavy atom. The van der Waals surface area contributed by atoms with E-state index < -0.39 is 5.54 Å². The first-order chi connectivity index (χ1) is 9.49. The summed E-state index contributed by atoms with van der Waals surface area (Å²) in [5.74, 6) is 0.782. The van der Waals surface area contributed by atoms with E-state index in [0.717, 1.165) is 37.0 Å². The normalized spacial score (nSPS) is 18.6. The van der Waals surface area contributed by atoms with Crippen LogP contribution in [-0.4, -0.2) is 24.1 Å². The topological polar surface area (TPSA) is 64.3 Å². The van der Waals surface area contributed by atoms with E-state index in [0.29, 0.717) is 6.54 Å². The molecule has 4 heteroatoms. The zero-order valence-corrected chi connectivity index (χ0v) is 12.3. The molecule has 1 saturated carbocycles. The van der Waals surface area contributed by atoms with Crippen LogP contribution in [0.5, 0.6) is 5.75 Å². The molecule has 3 N–H and O–H groups in total. The Kier molecular flexibility index (Phi) is 4.65. The second kappa shape index (κ2) is 6.27. The standard InChI is InChI=1S/C16H24N2O2/c1-12-6-5-7-14(10-12)20-13(2)11-18-15(19)16(17)8-3-4-9-16/h5-7,10,13H,3-4,8-9,11,17H2,1-2H3,(H,18,19). The lowest BCUT2D eigenvalue weighted by Crippen LogP contribution is -2.53. The largest absolute Gasteiger partial charge is 0.489 e. The van der Waals surface area contributed by atoms with Crippen LogP contribution in [0.1, 0.15) is 38.2 Å². The number of carbonyl (C=O) groups is 1. The molecule has 0 aromatic heterocycles. The van der Waals surface area contributed by atoms with Gasteiger partial charge in [0, 0.05) is 0 Å². The van der Waals surface area contributed by atoms with Crippen molar-refractivity contribution in [2.24, 2.45) is 5.73 Å². The average Bonchev–Trinajstić information content (AvgIpc) is 2.84. The molecule has 0 radical (unpaired) electrons. The number of nitrogens with two attached hydrogens (primary N) is 1. The van der Waals surface area contributed by atoms with Crippen molar-refractivity contribution < 1.29 is 9.53 Å². The number of hydrogen-bond donors (Lipinski definition) is 2. The van der Waals surface area contributed by atoms with E-state index in [1.165, 1.54) is 0 Å². The van der Waals surface area contributed by atoms with Gasteiger partial charge in [-0.3, -0.25) is 4.79 Å². The molecule has 1 unspecified atom stereocenters. The summed E-state index contributed by atoms with van der Waals surface area (Å²) in [6.45, 7) is 4.45. The summed E-state index contributed by atoms with van der Waals surface area (Å²) < 4.78 is 5.79. The van der Waals surface area contributed by atoms with Crippen LogP contribution in [0.2, 0.25) is 0 Å². The van der Waals surface area contributed by atoms with Gasteiger partial charge in [-0.25, -0.2) is 0 Å². The Morgan fingerprint density at radius 2 is 2.15 bits per heavy atom. The van der Waals surface area contributed by atoms with E-state index in [9.17, 15) is 4.79 Å². The summed E-state index contributed by atoms with van der Waals surface area (Å²) in [7, 11) is 0. The van der Waals surface area contributed by atoms with Gasteiger partial charge in [-0.1, -0.05) is 25.0 Å². The Bertz CT molecular complexity index is 467. The van der Waals surface area contributed by atoms with E-state index in [2.05, 4.69) is 5.32 Å². The lowest BCUT2D eigenvalue weighted by Gasteiger charge is -2.24. The monoisotopic (exact) mass is 276 g/mol. The molecule has 1 aromatic carbocycles. The predicted molar refractivity (Wildman–Crippen MR) is 79.7 cm³/mol. The average molecular weight is 276 g/mol. The van der Waals surface area contributed by atoms with Crippen molar-refractivity contribution in [1.29, 1.82) is 0 Å². The summed E-state index contributed by atoms with van der Waals surface area (Å²) >= 11 is 0. The molecule has 1 aliphatic rings. The first kappa shape index (κ1) is 14.9. The zero-order valence-electron chi connectivity index (χ0n) is 12.3. The maximum atomic E-state index is 12.1. The SMILES string of the molecule is Cc1cccc(OC(C)CNC(=O)C2(N)CCCC2)c1. The lowest BCUT2D eigenvalue weighted by atomic mass is 9.98. The first-order valence-corrected chi connectivity index (χ1v) is 7.30. The van der Waals surface area contributed by atoms with Crippen molar-refractivity contribution in [3.63, 3.8) is 0 Å². The first-order valence-electron chi connectivity index (χ1n) is 7.30. The Morgan fingerprint density at radius 3 is 2.80 bits per heavy atom. The third-order valence-electron chi connectivity index (χ3n) is 3.82. The van der Waals surface area contributed by atoms with Crippen molar-refractivity contribution in [1.82, 2.24) is 5.32 Å². The highest BCUT2D eigenvalue weighted by atomic mass is 16.5. The molecule has 0 heterocycles. The number of carbonyl (C=O) groups excluding carboxylic acids is 1. The minimum Gasteiger partial charge on any atom is -0.489 e. The van der Waals surface area contributed by atoms with Gasteiger partial charge < -0.3 is 15.8 Å². The quantitative estimate of drug-likeness (QED) is 0.866. The molecule has 20 heavy (non-hydrogen) atoms. The smallest absolute Gasteiger partial charge is 0.240 e. The second-order valence-electron chi connectivity index (χ2n) is 5.82. The van der Waals surface area contributed by atoms with Gasteiger partial charge in [-0.15, -0.1) is 0 Å². The number of hydrogen-bond acceptors (Lipinski definition) is 3. The van der Waals surface area contributed by atoms with E-state index in [1.54, 1.807) is 0 Å². The number of amides is 1. The molecule has 0 aliphatic heterocycles. The van der Waals surface area contributed by atoms with Crippen molar-refractivity contribution >= 4 is 5.91 Å². The van der Waals surface area contributed by atoms with Crippen LogP contribution >= 0.6 is 0 Å². The van der Waals surface area contributed by atoms with Gasteiger partial charge in [-0.05, 0) is 44.4 Å². The van der Waals surface area contributed by atoms with Gasteiger partial charge in [0.2, 0.25) is 5.91 Å². The van der Waals surface area contributed by atoms with Gasteiger partial charge in [0.25, 0.3) is 0 Å². The Labute approximate surface area is 120 Å². The molecule has 4 nitrogen and oxygen atoms in total. The van der Waals surface area contributed by atoms with Crippen LogP contribution < -0.4 is 15.8 Å². The van der Waals surface area contributed by atoms with Crippen molar-refractivity contribution in [2.75, 3.05) is 6.54 Å². The molecular formula is C16H24N2O2. The van der Waals surface area contributed by atoms with Gasteiger partial charge in [0.05, 0.1) is 12.1 Å². The fourth-order valence-electron chi connectivity index (χ4n) is 2.61. The summed E-state index contributed by atoms with van der Waals surface area (Å²) in [6.07, 6.45) is 3.57. The fraction of sp³-hybridized carbons (Fsp3) is 0.562. The van der Waals surface area contributed by atoms with Crippen LogP contribution in [0.3, 0.4) is 0 Å². The zero-order chi connectivity index (χ0) is 14.6. The van der Waals surface area contributed by atoms with Crippen LogP contribution in [0.25, 0.3) is 0 Å². The Hall–Kier alpha value is -1.55. The maximum absolute atomic E-state index is 12.1. The summed E-state index contributed by atoms with van der Waals surface area (Å²) in [4.78, 5) is 12.1. The molecule has 0 spiro atoms. The highest BCUT2D eigenvalue weighted by molar-refractivity contribution is 5.86. The molecule has 0 saturated heterocycles. The minimum atomic E-state index is -0.664. The maximum Gasteiger partial charge on any atom is 0.240 e. The molecule has 1 fully saturated rings. The molecule has 2 rings (SSSR count). The van der Waals surface area contributed by atoms with Crippen molar-refractivity contribution in [3.05, 3.63) is 29.8 Å². The van der Waals surface area contributed by atoms with Crippen LogP contribution in [0, 0.1) is 6.92 Å². The highest BCUT2D eigenvalue weighted by Gasteiger charge is 2.36. The number of aryl methyl sites for hydroxylation is 1. The highest BCUT2D eigenvalue weighted by Crippen LogP contribution is 2.27. The van der Waals surface area contributed by atoms with Gasteiger partial charge in [-0.2, -0.15) is 0 Å². The number of benzene rings is 1. The van der Waals surface area contributed by atoms with Crippen LogP contribution in [0.4, 0.5) is 0 Å². The number of ether oxygens (including phenoxy) is 1. The molecule has 1 aliphatic carbocycles. The molecular weight excluding hydrogens is 252 g/mol. The molecule has 0 bridgehead atoms. The molecule has 1 amide bonds. The summed E-state index contributed by atoms with van der Waals surface area (Å²) in [5.41, 5.74) is 6.60. The van der Waals surface area contributed by atoms with Gasteiger partial charge in [0.1, 0.15) is 11.9 Å². The third kappa shape index (κ3) is 3.73. The van der Waals surface area contributed by atoms with E-state index >= 15 is 0 Å². The second-order valence-corrected chi connectivity index (χ2v) is 5.82. The van der Waals surface area contributed by atoms with Crippen molar-refractivity contribution in [2.45, 2.75) is 51.2 Å². The predicted octanol–water partition coefficient (Wildman–Crippen LogP) is 2.15. The van der Waals surface area contributed by atoms with Crippen LogP contribution in [-0.2, 0) is 4.79 Å². The Balaban J connectivity index is 1.80. The van der Waals surface area contributed by atoms with E-state index in [-0.39, 0.29) is 12.0 Å². The van der Waals surface area contributed by atoms with Gasteiger partial charge >= 0.3 is 0 Å². The van der Waals surface area contributed by atoms with Gasteiger partial charge in [0.15, 0.2) is 0 Å². The molecule has 1 atom stereocenters. The fourth-order valence-corrected chi connectivity index (χ4v) is 2.61. The molecule has 110 valence electrons. The molecule has 1 aromatic rings. The third-order valence-corrected chi connectivity index (χ3v) is 3.82. The van der Waals surface area contributed by atoms with E-state index in [1.807, 2.05) is 38.1 Å². The lowest BCUT2D eigenvalue weighted by molar-refractivity contribution is -0.126. The van der Waals surface area contributed by atoms with E-state index in [4.69, 9.17) is 10.5 Å². The summed E-state index contributed by atoms with van der Waals surface area (Å²) in [5, 5.41) is 2.91. The van der Waals surface area contributed by atoms with Crippen molar-refractivity contribution in [3.8, 4) is 5.75 Å².